The van der Waals surface area contributed by atoms with Gasteiger partial charge in [-0.15, -0.1) is 0 Å². The van der Waals surface area contributed by atoms with E-state index in [4.69, 9.17) is 4.84 Å². The molecule has 110 valence electrons. The number of hydrogen-bond donors (Lipinski definition) is 1. The van der Waals surface area contributed by atoms with Crippen molar-refractivity contribution in [2.24, 2.45) is 11.1 Å². The van der Waals surface area contributed by atoms with Gasteiger partial charge < -0.3 is 4.84 Å². The number of amides is 1. The van der Waals surface area contributed by atoms with E-state index < -0.39 is 6.10 Å². The highest BCUT2D eigenvalue weighted by atomic mass is 16.6. The first kappa shape index (κ1) is 12.7. The first-order valence-corrected chi connectivity index (χ1v) is 7.70. The van der Waals surface area contributed by atoms with Crippen LogP contribution in [0.25, 0.3) is 0 Å². The second kappa shape index (κ2) is 5.06. The van der Waals surface area contributed by atoms with Gasteiger partial charge in [0.1, 0.15) is 0 Å². The normalized spacial score (nSPS) is 24.1. The Kier molecular flexibility index (Phi) is 3.05. The van der Waals surface area contributed by atoms with Crippen molar-refractivity contribution in [3.05, 3.63) is 29.8 Å². The largest absolute Gasteiger partial charge is 0.382 e. The Morgan fingerprint density at radius 1 is 1.33 bits per heavy atom. The van der Waals surface area contributed by atoms with Crippen LogP contribution in [-0.4, -0.2) is 24.3 Å². The van der Waals surface area contributed by atoms with Crippen LogP contribution in [-0.2, 0) is 16.1 Å². The van der Waals surface area contributed by atoms with Gasteiger partial charge in [-0.25, -0.2) is 0 Å². The summed E-state index contributed by atoms with van der Waals surface area (Å²) in [5.41, 5.74) is 6.44. The third-order valence-electron chi connectivity index (χ3n) is 4.39. The predicted octanol–water partition coefficient (Wildman–Crippen LogP) is 2.03. The Hall–Kier alpha value is -2.04. The molecule has 2 aliphatic heterocycles. The molecule has 0 spiro atoms. The van der Waals surface area contributed by atoms with Crippen LogP contribution in [0.15, 0.2) is 29.4 Å². The molecular weight excluding hydrogens is 266 g/mol. The molecule has 0 saturated heterocycles. The second-order valence-corrected chi connectivity index (χ2v) is 6.02. The molecule has 1 saturated carbocycles. The number of nitrogens with one attached hydrogen (secondary N) is 1. The zero-order chi connectivity index (χ0) is 14.2. The molecule has 1 N–H and O–H groups in total. The SMILES string of the molecule is O=C(NN1CCCc2ccccc21)C1CC(C2CC2)=NO1. The van der Waals surface area contributed by atoms with E-state index in [9.17, 15) is 4.79 Å². The third kappa shape index (κ3) is 2.48. The molecule has 1 atom stereocenters. The van der Waals surface area contributed by atoms with Crippen LogP contribution in [0.1, 0.15) is 31.2 Å². The molecular formula is C16H19N3O2. The molecule has 5 nitrogen and oxygen atoms in total. The van der Waals surface area contributed by atoms with Crippen LogP contribution in [0.5, 0.6) is 0 Å². The van der Waals surface area contributed by atoms with Crippen molar-refractivity contribution >= 4 is 17.3 Å². The second-order valence-electron chi connectivity index (χ2n) is 6.02. The summed E-state index contributed by atoms with van der Waals surface area (Å²) in [7, 11) is 0. The summed E-state index contributed by atoms with van der Waals surface area (Å²) < 4.78 is 0. The van der Waals surface area contributed by atoms with Gasteiger partial charge in [-0.2, -0.15) is 0 Å². The molecule has 1 amide bonds. The number of anilines is 1. The van der Waals surface area contributed by atoms with Gasteiger partial charge in [0.25, 0.3) is 5.91 Å². The fraction of sp³-hybridized carbons (Fsp3) is 0.500. The molecule has 0 radical (unpaired) electrons. The van der Waals surface area contributed by atoms with Crippen molar-refractivity contribution in [1.82, 2.24) is 5.43 Å². The van der Waals surface area contributed by atoms with Crippen molar-refractivity contribution in [3.8, 4) is 0 Å². The van der Waals surface area contributed by atoms with E-state index in [1.54, 1.807) is 0 Å². The van der Waals surface area contributed by atoms with Crippen LogP contribution in [0.2, 0.25) is 0 Å². The highest BCUT2D eigenvalue weighted by molar-refractivity contribution is 5.95. The van der Waals surface area contributed by atoms with Crippen LogP contribution in [0, 0.1) is 5.92 Å². The van der Waals surface area contributed by atoms with Gasteiger partial charge in [0.05, 0.1) is 11.4 Å². The lowest BCUT2D eigenvalue weighted by Crippen LogP contribution is -2.49. The van der Waals surface area contributed by atoms with Gasteiger partial charge in [0.2, 0.25) is 6.10 Å². The average Bonchev–Trinajstić information content (AvgIpc) is 3.25. The molecule has 1 aromatic carbocycles. The maximum absolute atomic E-state index is 12.4. The van der Waals surface area contributed by atoms with Crippen molar-refractivity contribution in [2.75, 3.05) is 11.6 Å². The summed E-state index contributed by atoms with van der Waals surface area (Å²) in [4.78, 5) is 17.7. The lowest BCUT2D eigenvalue weighted by molar-refractivity contribution is -0.131. The van der Waals surface area contributed by atoms with Gasteiger partial charge in [-0.1, -0.05) is 23.4 Å². The average molecular weight is 285 g/mol. The van der Waals surface area contributed by atoms with Crippen molar-refractivity contribution in [2.45, 2.75) is 38.2 Å². The number of para-hydroxylation sites is 1. The summed E-state index contributed by atoms with van der Waals surface area (Å²) in [6.07, 6.45) is 4.68. The van der Waals surface area contributed by atoms with E-state index in [0.717, 1.165) is 30.8 Å². The highest BCUT2D eigenvalue weighted by Gasteiger charge is 2.37. The number of oxime groups is 1. The molecule has 0 bridgehead atoms. The van der Waals surface area contributed by atoms with Crippen LogP contribution >= 0.6 is 0 Å². The summed E-state index contributed by atoms with van der Waals surface area (Å²) in [5.74, 6) is 0.476. The minimum absolute atomic E-state index is 0.0916. The third-order valence-corrected chi connectivity index (χ3v) is 4.39. The van der Waals surface area contributed by atoms with Crippen LogP contribution < -0.4 is 10.4 Å². The molecule has 5 heteroatoms. The Bertz CT molecular complexity index is 595. The standard InChI is InChI=1S/C16H19N3O2/c20-16(15-10-13(18-21-15)11-7-8-11)17-19-9-3-5-12-4-1-2-6-14(12)19/h1-2,4,6,11,15H,3,5,7-10H2,(H,17,20). The smallest absolute Gasteiger partial charge is 0.282 e. The molecule has 4 rings (SSSR count). The van der Waals surface area contributed by atoms with Crippen LogP contribution in [0.4, 0.5) is 5.69 Å². The van der Waals surface area contributed by atoms with Gasteiger partial charge in [0.15, 0.2) is 0 Å². The summed E-state index contributed by atoms with van der Waals surface area (Å²) in [6.45, 7) is 0.839. The molecule has 0 aromatic heterocycles. The quantitative estimate of drug-likeness (QED) is 0.924. The predicted molar refractivity (Wildman–Crippen MR) is 79.9 cm³/mol. The Balaban J connectivity index is 1.41. The number of carbonyl (C=O) groups excluding carboxylic acids is 1. The molecule has 2 heterocycles. The van der Waals surface area contributed by atoms with E-state index >= 15 is 0 Å². The van der Waals surface area contributed by atoms with Gasteiger partial charge in [-0.05, 0) is 37.3 Å². The van der Waals surface area contributed by atoms with Gasteiger partial charge in [-0.3, -0.25) is 15.2 Å². The minimum Gasteiger partial charge on any atom is -0.382 e. The lowest BCUT2D eigenvalue weighted by atomic mass is 10.0. The Labute approximate surface area is 123 Å². The van der Waals surface area contributed by atoms with Gasteiger partial charge in [0, 0.05) is 18.9 Å². The molecule has 1 aliphatic carbocycles. The number of carbonyl (C=O) groups is 1. The number of fused-ring (bicyclic) bond motifs is 1. The number of hydrazine groups is 1. The van der Waals surface area contributed by atoms with Crippen molar-refractivity contribution in [3.63, 3.8) is 0 Å². The first-order chi connectivity index (χ1) is 10.3. The first-order valence-electron chi connectivity index (χ1n) is 7.70. The number of rotatable bonds is 3. The summed E-state index contributed by atoms with van der Waals surface area (Å²) in [5, 5.41) is 6.02. The monoisotopic (exact) mass is 285 g/mol. The number of nitrogens with zero attached hydrogens (tertiary/aromatic N) is 2. The summed E-state index contributed by atoms with van der Waals surface area (Å²) >= 11 is 0. The minimum atomic E-state index is -0.463. The van der Waals surface area contributed by atoms with Gasteiger partial charge >= 0.3 is 0 Å². The molecule has 1 unspecified atom stereocenters. The van der Waals surface area contributed by atoms with E-state index in [1.807, 2.05) is 17.1 Å². The molecule has 21 heavy (non-hydrogen) atoms. The topological polar surface area (TPSA) is 53.9 Å². The van der Waals surface area contributed by atoms with Crippen molar-refractivity contribution in [1.29, 1.82) is 0 Å². The van der Waals surface area contributed by atoms with E-state index in [0.29, 0.717) is 12.3 Å². The lowest BCUT2D eigenvalue weighted by Gasteiger charge is -2.31. The van der Waals surface area contributed by atoms with E-state index in [2.05, 4.69) is 22.7 Å². The maximum Gasteiger partial charge on any atom is 0.282 e. The fourth-order valence-corrected chi connectivity index (χ4v) is 3.05. The van der Waals surface area contributed by atoms with E-state index in [-0.39, 0.29) is 5.91 Å². The number of hydrogen-bond acceptors (Lipinski definition) is 4. The summed E-state index contributed by atoms with van der Waals surface area (Å²) in [6, 6.07) is 8.22. The number of benzene rings is 1. The van der Waals surface area contributed by atoms with Crippen molar-refractivity contribution < 1.29 is 9.63 Å². The number of aryl methyl sites for hydroxylation is 1. The molecule has 1 aromatic rings. The highest BCUT2D eigenvalue weighted by Crippen LogP contribution is 2.35. The van der Waals surface area contributed by atoms with E-state index in [1.165, 1.54) is 18.4 Å². The maximum atomic E-state index is 12.4. The molecule has 1 fully saturated rings. The zero-order valence-electron chi connectivity index (χ0n) is 11.9. The molecule has 3 aliphatic rings. The Morgan fingerprint density at radius 2 is 2.19 bits per heavy atom. The zero-order valence-corrected chi connectivity index (χ0v) is 11.9. The Morgan fingerprint density at radius 3 is 3.05 bits per heavy atom. The van der Waals surface area contributed by atoms with Crippen LogP contribution in [0.3, 0.4) is 0 Å². The fourth-order valence-electron chi connectivity index (χ4n) is 3.05.